The quantitative estimate of drug-likeness (QED) is 0.0647. The lowest BCUT2D eigenvalue weighted by Crippen LogP contribution is -2.54. The maximum atomic E-state index is 14.0. The van der Waals surface area contributed by atoms with E-state index in [0.29, 0.717) is 68.6 Å². The van der Waals surface area contributed by atoms with Gasteiger partial charge in [0.2, 0.25) is 17.7 Å². The molecular formula is C47H52ClFN4O11. The molecule has 17 heteroatoms. The zero-order chi connectivity index (χ0) is 45.0. The molecule has 0 spiro atoms. The van der Waals surface area contributed by atoms with Gasteiger partial charge < -0.3 is 33.7 Å². The summed E-state index contributed by atoms with van der Waals surface area (Å²) < 4.78 is 47.9. The van der Waals surface area contributed by atoms with Crippen LogP contribution < -0.4 is 20.1 Å². The molecule has 1 aromatic heterocycles. The number of fused-ring (bicyclic) bond motifs is 2. The fourth-order valence-electron chi connectivity index (χ4n) is 8.37. The monoisotopic (exact) mass is 902 g/mol. The molecule has 7 rings (SSSR count). The Bertz CT molecular complexity index is 2320. The summed E-state index contributed by atoms with van der Waals surface area (Å²) in [5, 5.41) is 6.49. The molecule has 2 N–H and O–H groups in total. The minimum Gasteiger partial charge on any atom is -0.490 e. The first kappa shape index (κ1) is 46.5. The van der Waals surface area contributed by atoms with Crippen molar-refractivity contribution < 1.29 is 56.8 Å². The summed E-state index contributed by atoms with van der Waals surface area (Å²) in [5.41, 5.74) is 2.74. The van der Waals surface area contributed by atoms with Gasteiger partial charge in [0.15, 0.2) is 0 Å². The van der Waals surface area contributed by atoms with Crippen LogP contribution in [0.15, 0.2) is 66.9 Å². The van der Waals surface area contributed by atoms with Crippen molar-refractivity contribution in [3.8, 4) is 11.5 Å². The fraction of sp³-hybridized carbons (Fsp3) is 0.447. The van der Waals surface area contributed by atoms with Crippen molar-refractivity contribution in [1.82, 2.24) is 15.2 Å². The average molecular weight is 903 g/mol. The third-order valence-corrected chi connectivity index (χ3v) is 12.1. The largest absolute Gasteiger partial charge is 0.490 e. The van der Waals surface area contributed by atoms with Crippen molar-refractivity contribution in [2.75, 3.05) is 71.4 Å². The van der Waals surface area contributed by atoms with Gasteiger partial charge in [-0.3, -0.25) is 39.2 Å². The van der Waals surface area contributed by atoms with E-state index in [-0.39, 0.29) is 73.1 Å². The van der Waals surface area contributed by atoms with E-state index in [9.17, 15) is 28.4 Å². The molecule has 1 saturated carbocycles. The number of nitrogens with one attached hydrogen (secondary N) is 2. The molecule has 5 amide bonds. The molecular weight excluding hydrogens is 851 g/mol. The second-order valence-electron chi connectivity index (χ2n) is 15.9. The Morgan fingerprint density at radius 1 is 0.797 bits per heavy atom. The topological polar surface area (TPSA) is 181 Å². The van der Waals surface area contributed by atoms with E-state index >= 15 is 0 Å². The summed E-state index contributed by atoms with van der Waals surface area (Å²) in [5.74, 6) is -1.68. The van der Waals surface area contributed by atoms with Gasteiger partial charge >= 0.3 is 0 Å². The normalized spacial score (nSPS) is 19.1. The molecule has 0 bridgehead atoms. The number of carbonyl (C=O) groups is 5. The van der Waals surface area contributed by atoms with Gasteiger partial charge in [0.05, 0.1) is 74.5 Å². The van der Waals surface area contributed by atoms with Gasteiger partial charge in [0.25, 0.3) is 11.8 Å². The molecule has 2 atom stereocenters. The van der Waals surface area contributed by atoms with E-state index in [2.05, 4.69) is 15.6 Å². The van der Waals surface area contributed by atoms with Crippen LogP contribution in [0.25, 0.3) is 10.9 Å². The fourth-order valence-corrected chi connectivity index (χ4v) is 8.55. The molecule has 4 aromatic rings. The van der Waals surface area contributed by atoms with Gasteiger partial charge in [-0.15, -0.1) is 0 Å². The molecule has 2 fully saturated rings. The third-order valence-electron chi connectivity index (χ3n) is 11.8. The summed E-state index contributed by atoms with van der Waals surface area (Å²) in [4.78, 5) is 68.6. The lowest BCUT2D eigenvalue weighted by Gasteiger charge is -2.32. The van der Waals surface area contributed by atoms with Crippen LogP contribution in [0.2, 0.25) is 5.02 Å². The summed E-state index contributed by atoms with van der Waals surface area (Å²) in [6.45, 7) is 4.91. The van der Waals surface area contributed by atoms with Crippen molar-refractivity contribution in [3.63, 3.8) is 0 Å². The van der Waals surface area contributed by atoms with Crippen LogP contribution >= 0.6 is 11.6 Å². The Labute approximate surface area is 375 Å². The summed E-state index contributed by atoms with van der Waals surface area (Å²) >= 11 is 6.39. The Morgan fingerprint density at radius 3 is 2.12 bits per heavy atom. The number of halogens is 2. The molecule has 1 unspecified atom stereocenters. The third kappa shape index (κ3) is 11.6. The first-order valence-corrected chi connectivity index (χ1v) is 22.0. The highest BCUT2D eigenvalue weighted by Gasteiger charge is 2.46. The highest BCUT2D eigenvalue weighted by molar-refractivity contribution is 6.32. The summed E-state index contributed by atoms with van der Waals surface area (Å²) in [6.07, 6.45) is 5.54. The van der Waals surface area contributed by atoms with Crippen molar-refractivity contribution in [3.05, 3.63) is 94.4 Å². The number of piperidine rings is 1. The minimum atomic E-state index is -1.05. The number of hydrogen-bond acceptors (Lipinski definition) is 12. The van der Waals surface area contributed by atoms with Crippen LogP contribution in [-0.4, -0.2) is 112 Å². The van der Waals surface area contributed by atoms with Gasteiger partial charge in [-0.2, -0.15) is 0 Å². The van der Waals surface area contributed by atoms with Crippen LogP contribution in [0.5, 0.6) is 11.5 Å². The van der Waals surface area contributed by atoms with Gasteiger partial charge in [0.1, 0.15) is 36.6 Å². The highest BCUT2D eigenvalue weighted by atomic mass is 35.5. The average Bonchev–Trinajstić information content (AvgIpc) is 3.55. The van der Waals surface area contributed by atoms with Crippen molar-refractivity contribution in [2.45, 2.75) is 57.4 Å². The van der Waals surface area contributed by atoms with Crippen LogP contribution in [-0.2, 0) is 33.3 Å². The number of pyridine rings is 1. The summed E-state index contributed by atoms with van der Waals surface area (Å²) in [6, 6.07) is 15.5. The maximum absolute atomic E-state index is 14.0. The Hall–Kier alpha value is -5.52. The molecule has 64 heavy (non-hydrogen) atoms. The van der Waals surface area contributed by atoms with Crippen molar-refractivity contribution in [1.29, 1.82) is 0 Å². The SMILES string of the molecule is C[C@@H](C(=O)Nc1ccc(Cl)c(OCCOCCOCCOCCOCCOc2cccc3c2C(=O)N(C2CCC(=O)NC2=O)C3=O)c1)C1CCC(c2ccnc3ccc(F)cc23)CC1. The standard InChI is InChI=1S/C47H52ClFN4O11/c1-29(30-5-7-31(8-6-30)34-15-16-50-38-12-9-32(49)27-36(34)38)44(55)51-33-10-11-37(48)41(28-33)64-26-24-62-22-20-60-18-17-59-19-21-61-23-25-63-40-4-2-3-35-43(40)47(58)53(46(35)57)39-13-14-42(54)52-45(39)56/h2-4,9-12,15-16,27-31,39H,5-8,13-14,17-26H2,1H3,(H,51,55)(H,52,54,56)/t29-,30?,31?,39?/m1/s1. The van der Waals surface area contributed by atoms with E-state index in [4.69, 9.17) is 40.0 Å². The lowest BCUT2D eigenvalue weighted by atomic mass is 9.73. The van der Waals surface area contributed by atoms with Crippen LogP contribution in [0.4, 0.5) is 10.1 Å². The van der Waals surface area contributed by atoms with Crippen molar-refractivity contribution in [2.24, 2.45) is 11.8 Å². The van der Waals surface area contributed by atoms with E-state index < -0.39 is 29.7 Å². The van der Waals surface area contributed by atoms with Gasteiger partial charge in [-0.05, 0) is 98.0 Å². The van der Waals surface area contributed by atoms with Crippen LogP contribution in [0, 0.1) is 17.7 Å². The maximum Gasteiger partial charge on any atom is 0.266 e. The number of amides is 5. The number of carbonyl (C=O) groups excluding carboxylic acids is 5. The molecule has 0 radical (unpaired) electrons. The molecule has 3 aliphatic rings. The Morgan fingerprint density at radius 2 is 1.45 bits per heavy atom. The van der Waals surface area contributed by atoms with Gasteiger partial charge in [0, 0.05) is 35.7 Å². The molecule has 1 saturated heterocycles. The van der Waals surface area contributed by atoms with Crippen LogP contribution in [0.1, 0.15) is 77.6 Å². The molecule has 3 aromatic carbocycles. The number of hydrogen-bond donors (Lipinski definition) is 2. The molecule has 340 valence electrons. The zero-order valence-corrected chi connectivity index (χ0v) is 36.4. The number of rotatable bonds is 22. The van der Waals surface area contributed by atoms with Crippen molar-refractivity contribution >= 4 is 57.7 Å². The molecule has 1 aliphatic carbocycles. The number of nitrogens with zero attached hydrogens (tertiary/aromatic N) is 2. The predicted molar refractivity (Wildman–Crippen MR) is 233 cm³/mol. The second kappa shape index (κ2) is 22.4. The van der Waals surface area contributed by atoms with Gasteiger partial charge in [-0.1, -0.05) is 24.6 Å². The Balaban J connectivity index is 0.703. The molecule has 2 aliphatic heterocycles. The van der Waals surface area contributed by atoms with E-state index in [0.717, 1.165) is 47.0 Å². The number of anilines is 1. The van der Waals surface area contributed by atoms with E-state index in [1.54, 1.807) is 48.7 Å². The number of benzene rings is 3. The highest BCUT2D eigenvalue weighted by Crippen LogP contribution is 2.41. The number of aromatic nitrogens is 1. The molecule has 3 heterocycles. The zero-order valence-electron chi connectivity index (χ0n) is 35.6. The second-order valence-corrected chi connectivity index (χ2v) is 16.3. The van der Waals surface area contributed by atoms with Gasteiger partial charge in [-0.25, -0.2) is 4.39 Å². The Kier molecular flexibility index (Phi) is 16.3. The van der Waals surface area contributed by atoms with E-state index in [1.807, 2.05) is 13.0 Å². The predicted octanol–water partition coefficient (Wildman–Crippen LogP) is 6.50. The number of imide groups is 2. The molecule has 15 nitrogen and oxygen atoms in total. The first-order valence-electron chi connectivity index (χ1n) is 21.6. The first-order chi connectivity index (χ1) is 31.1. The van der Waals surface area contributed by atoms with Crippen LogP contribution in [0.3, 0.4) is 0 Å². The summed E-state index contributed by atoms with van der Waals surface area (Å²) in [7, 11) is 0. The number of ether oxygens (including phenoxy) is 6. The lowest BCUT2D eigenvalue weighted by molar-refractivity contribution is -0.136. The van der Waals surface area contributed by atoms with E-state index in [1.165, 1.54) is 12.1 Å². The minimum absolute atomic E-state index is 0.0388. The smallest absolute Gasteiger partial charge is 0.266 e.